The molecule has 1 aliphatic rings. The molecule has 1 atom stereocenters. The molecule has 0 radical (unpaired) electrons. The van der Waals surface area contributed by atoms with Gasteiger partial charge in [-0.2, -0.15) is 0 Å². The number of aryl methyl sites for hydroxylation is 2. The van der Waals surface area contributed by atoms with Gasteiger partial charge in [0, 0.05) is 18.0 Å². The maximum absolute atomic E-state index is 12.2. The number of carbonyl (C=O) groups is 2. The van der Waals surface area contributed by atoms with Crippen LogP contribution in [0.4, 0.5) is 0 Å². The second kappa shape index (κ2) is 9.48. The van der Waals surface area contributed by atoms with Gasteiger partial charge in [-0.25, -0.2) is 0 Å². The molecule has 28 heavy (non-hydrogen) atoms. The first-order valence-electron chi connectivity index (χ1n) is 9.90. The van der Waals surface area contributed by atoms with Gasteiger partial charge in [-0.05, 0) is 38.8 Å². The molecule has 0 spiro atoms. The molecule has 0 aliphatic heterocycles. The van der Waals surface area contributed by atoms with Gasteiger partial charge in [-0.1, -0.05) is 37.0 Å². The molecule has 7 heteroatoms. The van der Waals surface area contributed by atoms with Crippen LogP contribution in [0.15, 0.2) is 28.7 Å². The summed E-state index contributed by atoms with van der Waals surface area (Å²) in [5.41, 5.74) is 1.98. The van der Waals surface area contributed by atoms with E-state index in [2.05, 4.69) is 15.5 Å². The third-order valence-corrected chi connectivity index (χ3v) is 4.94. The first-order chi connectivity index (χ1) is 13.5. The van der Waals surface area contributed by atoms with Gasteiger partial charge < -0.3 is 14.5 Å². The van der Waals surface area contributed by atoms with E-state index in [9.17, 15) is 9.59 Å². The Labute approximate surface area is 164 Å². The van der Waals surface area contributed by atoms with E-state index >= 15 is 0 Å². The molecular weight excluding hydrogens is 358 g/mol. The fraction of sp³-hybridized carbons (Fsp3) is 0.524. The molecule has 1 fully saturated rings. The Balaban J connectivity index is 1.43. The molecule has 1 aliphatic carbocycles. The summed E-state index contributed by atoms with van der Waals surface area (Å²) in [6, 6.07) is 7.95. The molecule has 0 unspecified atom stereocenters. The van der Waals surface area contributed by atoms with Gasteiger partial charge in [0.15, 0.2) is 6.10 Å². The third kappa shape index (κ3) is 5.65. The number of nitrogens with one attached hydrogen (secondary N) is 1. The van der Waals surface area contributed by atoms with Crippen LogP contribution < -0.4 is 5.32 Å². The molecule has 0 bridgehead atoms. The lowest BCUT2D eigenvalue weighted by Gasteiger charge is -2.24. The minimum absolute atomic E-state index is 0.0799. The Hall–Kier alpha value is -2.70. The highest BCUT2D eigenvalue weighted by atomic mass is 16.5. The number of hydrogen-bond donors (Lipinski definition) is 1. The van der Waals surface area contributed by atoms with Crippen molar-refractivity contribution in [2.45, 2.75) is 70.9 Å². The lowest BCUT2D eigenvalue weighted by Crippen LogP contribution is -2.42. The number of aromatic nitrogens is 2. The minimum atomic E-state index is -0.805. The van der Waals surface area contributed by atoms with Crippen molar-refractivity contribution in [2.75, 3.05) is 0 Å². The second-order valence-corrected chi connectivity index (χ2v) is 7.34. The summed E-state index contributed by atoms with van der Waals surface area (Å²) < 4.78 is 10.8. The Kier molecular flexibility index (Phi) is 6.79. The van der Waals surface area contributed by atoms with Crippen LogP contribution in [0.25, 0.3) is 11.5 Å². The molecule has 0 saturated heterocycles. The maximum atomic E-state index is 12.2. The van der Waals surface area contributed by atoms with Crippen LogP contribution >= 0.6 is 0 Å². The van der Waals surface area contributed by atoms with Gasteiger partial charge in [0.25, 0.3) is 5.91 Å². The van der Waals surface area contributed by atoms with Gasteiger partial charge >= 0.3 is 5.97 Å². The molecular formula is C21H27N3O4. The van der Waals surface area contributed by atoms with Crippen molar-refractivity contribution >= 4 is 11.9 Å². The summed E-state index contributed by atoms with van der Waals surface area (Å²) in [5, 5.41) is 11.0. The highest BCUT2D eigenvalue weighted by Gasteiger charge is 2.22. The molecule has 3 rings (SSSR count). The predicted octanol–water partition coefficient (Wildman–Crippen LogP) is 3.36. The predicted molar refractivity (Wildman–Crippen MR) is 103 cm³/mol. The highest BCUT2D eigenvalue weighted by Crippen LogP contribution is 2.19. The quantitative estimate of drug-likeness (QED) is 0.735. The van der Waals surface area contributed by atoms with Crippen molar-refractivity contribution < 1.29 is 18.7 Å². The van der Waals surface area contributed by atoms with Crippen LogP contribution in [0, 0.1) is 6.92 Å². The van der Waals surface area contributed by atoms with Gasteiger partial charge in [0.1, 0.15) is 0 Å². The molecule has 1 amide bonds. The zero-order valence-corrected chi connectivity index (χ0v) is 16.4. The Bertz CT molecular complexity index is 794. The number of carbonyl (C=O) groups excluding carboxylic acids is 2. The molecule has 150 valence electrons. The van der Waals surface area contributed by atoms with Crippen molar-refractivity contribution in [1.82, 2.24) is 15.5 Å². The molecule has 1 saturated carbocycles. The van der Waals surface area contributed by atoms with Crippen molar-refractivity contribution in [3.05, 3.63) is 35.7 Å². The van der Waals surface area contributed by atoms with E-state index in [-0.39, 0.29) is 24.8 Å². The van der Waals surface area contributed by atoms with E-state index < -0.39 is 12.1 Å². The first kappa shape index (κ1) is 20.0. The van der Waals surface area contributed by atoms with Gasteiger partial charge in [0.05, 0.1) is 6.42 Å². The Morgan fingerprint density at radius 2 is 1.89 bits per heavy atom. The first-order valence-corrected chi connectivity index (χ1v) is 9.90. The summed E-state index contributed by atoms with van der Waals surface area (Å²) in [4.78, 5) is 24.2. The smallest absolute Gasteiger partial charge is 0.307 e. The van der Waals surface area contributed by atoms with Crippen molar-refractivity contribution in [3.8, 4) is 11.5 Å². The van der Waals surface area contributed by atoms with Crippen molar-refractivity contribution in [3.63, 3.8) is 0 Å². The van der Waals surface area contributed by atoms with Crippen molar-refractivity contribution in [2.24, 2.45) is 0 Å². The summed E-state index contributed by atoms with van der Waals surface area (Å²) in [6.07, 6.45) is 5.02. The van der Waals surface area contributed by atoms with E-state index in [1.165, 1.54) is 6.42 Å². The Morgan fingerprint density at radius 3 is 2.61 bits per heavy atom. The zero-order valence-electron chi connectivity index (χ0n) is 16.4. The van der Waals surface area contributed by atoms with Gasteiger partial charge in [0.2, 0.25) is 11.8 Å². The number of hydrogen-bond acceptors (Lipinski definition) is 6. The number of rotatable bonds is 7. The lowest BCUT2D eigenvalue weighted by molar-refractivity contribution is -0.155. The third-order valence-electron chi connectivity index (χ3n) is 4.94. The van der Waals surface area contributed by atoms with Crippen LogP contribution in [-0.4, -0.2) is 34.2 Å². The maximum Gasteiger partial charge on any atom is 0.307 e. The number of amides is 1. The summed E-state index contributed by atoms with van der Waals surface area (Å²) >= 11 is 0. The van der Waals surface area contributed by atoms with Gasteiger partial charge in [-0.15, -0.1) is 10.2 Å². The SMILES string of the molecule is Cc1ccc(-c2nnc(CCC(=O)O[C@@H](C)C(=O)NC3CCCCC3)o2)cc1. The topological polar surface area (TPSA) is 94.3 Å². The number of esters is 1. The van der Waals surface area contributed by atoms with Crippen LogP contribution in [0.1, 0.15) is 56.9 Å². The largest absolute Gasteiger partial charge is 0.453 e. The number of nitrogens with zero attached hydrogens (tertiary/aromatic N) is 2. The minimum Gasteiger partial charge on any atom is -0.453 e. The average Bonchev–Trinajstić information content (AvgIpc) is 3.17. The van der Waals surface area contributed by atoms with E-state index in [0.29, 0.717) is 11.8 Å². The molecule has 1 N–H and O–H groups in total. The molecule has 1 aromatic carbocycles. The molecule has 1 aromatic heterocycles. The molecule has 1 heterocycles. The number of benzene rings is 1. The fourth-order valence-corrected chi connectivity index (χ4v) is 3.25. The number of ether oxygens (including phenoxy) is 1. The monoisotopic (exact) mass is 385 g/mol. The zero-order chi connectivity index (χ0) is 19.9. The van der Waals surface area contributed by atoms with Gasteiger partial charge in [-0.3, -0.25) is 9.59 Å². The summed E-state index contributed by atoms with van der Waals surface area (Å²) in [7, 11) is 0. The molecule has 2 aromatic rings. The second-order valence-electron chi connectivity index (χ2n) is 7.34. The van der Waals surface area contributed by atoms with Crippen LogP contribution in [0.2, 0.25) is 0 Å². The normalized spacial score (nSPS) is 15.8. The highest BCUT2D eigenvalue weighted by molar-refractivity contribution is 5.83. The fourth-order valence-electron chi connectivity index (χ4n) is 3.25. The van der Waals surface area contributed by atoms with E-state index in [4.69, 9.17) is 9.15 Å². The van der Waals surface area contributed by atoms with Crippen molar-refractivity contribution in [1.29, 1.82) is 0 Å². The lowest BCUT2D eigenvalue weighted by atomic mass is 9.95. The average molecular weight is 385 g/mol. The van der Waals surface area contributed by atoms with Crippen LogP contribution in [0.5, 0.6) is 0 Å². The Morgan fingerprint density at radius 1 is 1.18 bits per heavy atom. The van der Waals surface area contributed by atoms with Crippen LogP contribution in [0.3, 0.4) is 0 Å². The molecule has 7 nitrogen and oxygen atoms in total. The summed E-state index contributed by atoms with van der Waals surface area (Å²) in [6.45, 7) is 3.60. The van der Waals surface area contributed by atoms with E-state index in [1.807, 2.05) is 31.2 Å². The van der Waals surface area contributed by atoms with Crippen LogP contribution in [-0.2, 0) is 20.7 Å². The summed E-state index contributed by atoms with van der Waals surface area (Å²) in [5.74, 6) is 0.0940. The van der Waals surface area contributed by atoms with E-state index in [1.54, 1.807) is 6.92 Å². The van der Waals surface area contributed by atoms with E-state index in [0.717, 1.165) is 36.8 Å². The standard InChI is InChI=1S/C21H27N3O4/c1-14-8-10-16(11-9-14)21-24-23-18(28-21)12-13-19(25)27-15(2)20(26)22-17-6-4-3-5-7-17/h8-11,15,17H,3-7,12-13H2,1-2H3,(H,22,26)/t15-/m0/s1.